The minimum absolute atomic E-state index is 0.0369. The van der Waals surface area contributed by atoms with E-state index in [2.05, 4.69) is 4.90 Å². The molecule has 0 aromatic carbocycles. The lowest BCUT2D eigenvalue weighted by Crippen LogP contribution is -2.38. The molecule has 0 fully saturated rings. The number of nitrogens with two attached hydrogens (primary N) is 1. The lowest BCUT2D eigenvalue weighted by Gasteiger charge is -2.19. The summed E-state index contributed by atoms with van der Waals surface area (Å²) >= 11 is 7.45. The molecule has 5 heteroatoms. The second-order valence-electron chi connectivity index (χ2n) is 3.66. The van der Waals surface area contributed by atoms with Crippen molar-refractivity contribution >= 4 is 22.9 Å². The Morgan fingerprint density at radius 3 is 2.87 bits per heavy atom. The Labute approximate surface area is 99.5 Å². The van der Waals surface area contributed by atoms with Crippen molar-refractivity contribution in [1.29, 1.82) is 0 Å². The van der Waals surface area contributed by atoms with Gasteiger partial charge < -0.3 is 15.7 Å². The van der Waals surface area contributed by atoms with Gasteiger partial charge in [-0.15, -0.1) is 11.3 Å². The summed E-state index contributed by atoms with van der Waals surface area (Å²) in [6.45, 7) is 1.69. The molecule has 1 aromatic heterocycles. The minimum atomic E-state index is -0.151. The summed E-state index contributed by atoms with van der Waals surface area (Å²) in [6, 6.07) is 3.82. The van der Waals surface area contributed by atoms with Crippen LogP contribution in [-0.2, 0) is 6.42 Å². The molecule has 0 radical (unpaired) electrons. The number of aliphatic hydroxyl groups is 1. The Morgan fingerprint density at radius 2 is 2.33 bits per heavy atom. The first-order valence-electron chi connectivity index (χ1n) is 4.91. The molecular weight excluding hydrogens is 232 g/mol. The van der Waals surface area contributed by atoms with E-state index in [4.69, 9.17) is 22.4 Å². The van der Waals surface area contributed by atoms with Crippen LogP contribution in [0.2, 0.25) is 4.34 Å². The Balaban J connectivity index is 2.25. The molecule has 0 spiro atoms. The van der Waals surface area contributed by atoms with Crippen molar-refractivity contribution in [3.63, 3.8) is 0 Å². The van der Waals surface area contributed by atoms with E-state index in [1.165, 1.54) is 4.88 Å². The predicted octanol–water partition coefficient (Wildman–Crippen LogP) is 1.20. The number of aliphatic hydroxyl groups excluding tert-OH is 1. The van der Waals surface area contributed by atoms with E-state index in [0.717, 1.165) is 23.8 Å². The molecule has 0 aliphatic heterocycles. The van der Waals surface area contributed by atoms with Crippen molar-refractivity contribution in [1.82, 2.24) is 4.90 Å². The van der Waals surface area contributed by atoms with E-state index in [0.29, 0.717) is 0 Å². The van der Waals surface area contributed by atoms with Gasteiger partial charge in [-0.1, -0.05) is 11.6 Å². The van der Waals surface area contributed by atoms with Gasteiger partial charge in [0.25, 0.3) is 0 Å². The van der Waals surface area contributed by atoms with Gasteiger partial charge in [0, 0.05) is 24.0 Å². The van der Waals surface area contributed by atoms with E-state index in [1.807, 2.05) is 19.2 Å². The zero-order chi connectivity index (χ0) is 11.3. The summed E-state index contributed by atoms with van der Waals surface area (Å²) in [5.41, 5.74) is 5.64. The summed E-state index contributed by atoms with van der Waals surface area (Å²) < 4.78 is 0.833. The Bertz CT molecular complexity index is 293. The van der Waals surface area contributed by atoms with Gasteiger partial charge in [-0.25, -0.2) is 0 Å². The van der Waals surface area contributed by atoms with Gasteiger partial charge in [-0.05, 0) is 25.6 Å². The van der Waals surface area contributed by atoms with Crippen molar-refractivity contribution in [3.8, 4) is 0 Å². The third-order valence-corrected chi connectivity index (χ3v) is 3.44. The maximum absolute atomic E-state index is 8.81. The first kappa shape index (κ1) is 12.9. The van der Waals surface area contributed by atoms with Gasteiger partial charge >= 0.3 is 0 Å². The second kappa shape index (κ2) is 6.45. The number of thiophene rings is 1. The molecule has 0 aliphatic rings. The maximum atomic E-state index is 8.81. The summed E-state index contributed by atoms with van der Waals surface area (Å²) in [5.74, 6) is 0. The summed E-state index contributed by atoms with van der Waals surface area (Å²) in [6.07, 6.45) is 0.978. The SMILES string of the molecule is CN(CCc1ccc(Cl)s1)CC(N)CO. The molecule has 0 aliphatic carbocycles. The molecule has 3 nitrogen and oxygen atoms in total. The van der Waals surface area contributed by atoms with Crippen molar-refractivity contribution in [2.75, 3.05) is 26.7 Å². The van der Waals surface area contributed by atoms with Gasteiger partial charge in [0.1, 0.15) is 0 Å². The molecule has 15 heavy (non-hydrogen) atoms. The highest BCUT2D eigenvalue weighted by Crippen LogP contribution is 2.21. The van der Waals surface area contributed by atoms with Gasteiger partial charge in [0.15, 0.2) is 0 Å². The summed E-state index contributed by atoms with van der Waals surface area (Å²) in [4.78, 5) is 3.40. The number of rotatable bonds is 6. The van der Waals surface area contributed by atoms with E-state index < -0.39 is 0 Å². The smallest absolute Gasteiger partial charge is 0.0931 e. The Kier molecular flexibility index (Phi) is 5.56. The Morgan fingerprint density at radius 1 is 1.60 bits per heavy atom. The lowest BCUT2D eigenvalue weighted by atomic mass is 10.3. The predicted molar refractivity (Wildman–Crippen MR) is 65.6 cm³/mol. The highest BCUT2D eigenvalue weighted by atomic mass is 35.5. The normalized spacial score (nSPS) is 13.4. The number of nitrogens with zero attached hydrogens (tertiary/aromatic N) is 1. The molecule has 0 saturated carbocycles. The summed E-state index contributed by atoms with van der Waals surface area (Å²) in [5, 5.41) is 8.81. The van der Waals surface area contributed by atoms with E-state index >= 15 is 0 Å². The van der Waals surface area contributed by atoms with Crippen LogP contribution in [0.5, 0.6) is 0 Å². The number of likely N-dealkylation sites (N-methyl/N-ethyl adjacent to an activating group) is 1. The first-order chi connectivity index (χ1) is 7.11. The zero-order valence-corrected chi connectivity index (χ0v) is 10.4. The van der Waals surface area contributed by atoms with E-state index in [9.17, 15) is 0 Å². The minimum Gasteiger partial charge on any atom is -0.395 e. The molecule has 1 unspecified atom stereocenters. The molecule has 1 aromatic rings. The average molecular weight is 249 g/mol. The lowest BCUT2D eigenvalue weighted by molar-refractivity contribution is 0.223. The maximum Gasteiger partial charge on any atom is 0.0931 e. The van der Waals surface area contributed by atoms with Crippen LogP contribution in [0.1, 0.15) is 4.88 Å². The third kappa shape index (κ3) is 4.95. The fourth-order valence-corrected chi connectivity index (χ4v) is 2.41. The van der Waals surface area contributed by atoms with E-state index in [1.54, 1.807) is 11.3 Å². The highest BCUT2D eigenvalue weighted by Gasteiger charge is 2.06. The van der Waals surface area contributed by atoms with Crippen LogP contribution in [0.25, 0.3) is 0 Å². The van der Waals surface area contributed by atoms with Gasteiger partial charge in [-0.3, -0.25) is 0 Å². The fourth-order valence-electron chi connectivity index (χ4n) is 1.34. The topological polar surface area (TPSA) is 49.5 Å². The van der Waals surface area contributed by atoms with Crippen LogP contribution in [0, 0.1) is 0 Å². The van der Waals surface area contributed by atoms with Gasteiger partial charge in [-0.2, -0.15) is 0 Å². The average Bonchev–Trinajstić information content (AvgIpc) is 2.61. The molecule has 3 N–H and O–H groups in total. The molecule has 1 heterocycles. The van der Waals surface area contributed by atoms with Crippen molar-refractivity contribution in [3.05, 3.63) is 21.3 Å². The number of hydrogen-bond donors (Lipinski definition) is 2. The molecule has 0 saturated heterocycles. The van der Waals surface area contributed by atoms with Crippen molar-refractivity contribution in [2.24, 2.45) is 5.73 Å². The number of hydrogen-bond acceptors (Lipinski definition) is 4. The van der Waals surface area contributed by atoms with Crippen LogP contribution >= 0.6 is 22.9 Å². The summed E-state index contributed by atoms with van der Waals surface area (Å²) in [7, 11) is 2.00. The first-order valence-corrected chi connectivity index (χ1v) is 6.10. The van der Waals surface area contributed by atoms with Crippen LogP contribution in [-0.4, -0.2) is 42.8 Å². The van der Waals surface area contributed by atoms with Crippen LogP contribution < -0.4 is 5.73 Å². The third-order valence-electron chi connectivity index (χ3n) is 2.15. The monoisotopic (exact) mass is 248 g/mol. The molecular formula is C10H17ClN2OS. The fraction of sp³-hybridized carbons (Fsp3) is 0.600. The van der Waals surface area contributed by atoms with E-state index in [-0.39, 0.29) is 12.6 Å². The zero-order valence-electron chi connectivity index (χ0n) is 8.82. The second-order valence-corrected chi connectivity index (χ2v) is 5.46. The molecule has 0 amide bonds. The molecule has 86 valence electrons. The van der Waals surface area contributed by atoms with Crippen molar-refractivity contribution < 1.29 is 5.11 Å². The molecule has 1 rings (SSSR count). The van der Waals surface area contributed by atoms with Crippen LogP contribution in [0.4, 0.5) is 0 Å². The van der Waals surface area contributed by atoms with Crippen LogP contribution in [0.15, 0.2) is 12.1 Å². The largest absolute Gasteiger partial charge is 0.395 e. The van der Waals surface area contributed by atoms with Crippen molar-refractivity contribution in [2.45, 2.75) is 12.5 Å². The standard InChI is InChI=1S/C10H17ClN2OS/c1-13(6-8(12)7-14)5-4-9-2-3-10(11)15-9/h2-3,8,14H,4-7,12H2,1H3. The Hall–Kier alpha value is -0.130. The molecule has 0 bridgehead atoms. The van der Waals surface area contributed by atoms with Gasteiger partial charge in [0.2, 0.25) is 0 Å². The highest BCUT2D eigenvalue weighted by molar-refractivity contribution is 7.16. The van der Waals surface area contributed by atoms with Crippen LogP contribution in [0.3, 0.4) is 0 Å². The van der Waals surface area contributed by atoms with Gasteiger partial charge in [0.05, 0.1) is 10.9 Å². The number of halogens is 1. The quantitative estimate of drug-likeness (QED) is 0.795. The molecule has 1 atom stereocenters.